The van der Waals surface area contributed by atoms with Crippen LogP contribution in [0.2, 0.25) is 0 Å². The van der Waals surface area contributed by atoms with Gasteiger partial charge in [0.25, 0.3) is 15.9 Å². The maximum absolute atomic E-state index is 13.4. The first-order chi connectivity index (χ1) is 15.7. The SMILES string of the molecule is COc1ccc(S(=O)(=O)N(CC(=O)N/N=C(/C)c2ccc(C)cc2)c2ccc(C)cc2)cc1. The lowest BCUT2D eigenvalue weighted by Crippen LogP contribution is -2.39. The summed E-state index contributed by atoms with van der Waals surface area (Å²) in [5, 5.41) is 4.14. The maximum Gasteiger partial charge on any atom is 0.264 e. The van der Waals surface area contributed by atoms with Crippen LogP contribution < -0.4 is 14.5 Å². The molecule has 33 heavy (non-hydrogen) atoms. The van der Waals surface area contributed by atoms with Gasteiger partial charge < -0.3 is 4.74 Å². The Labute approximate surface area is 194 Å². The van der Waals surface area contributed by atoms with Crippen molar-refractivity contribution in [3.05, 3.63) is 89.5 Å². The van der Waals surface area contributed by atoms with Gasteiger partial charge in [-0.25, -0.2) is 13.8 Å². The molecule has 8 heteroatoms. The van der Waals surface area contributed by atoms with E-state index in [-0.39, 0.29) is 4.90 Å². The fraction of sp³-hybridized carbons (Fsp3) is 0.200. The van der Waals surface area contributed by atoms with Gasteiger partial charge in [-0.3, -0.25) is 9.10 Å². The zero-order chi connectivity index (χ0) is 24.0. The normalized spacial score (nSPS) is 11.7. The van der Waals surface area contributed by atoms with Crippen molar-refractivity contribution in [2.45, 2.75) is 25.7 Å². The zero-order valence-electron chi connectivity index (χ0n) is 19.1. The number of hydrazone groups is 1. The molecule has 0 aromatic heterocycles. The summed E-state index contributed by atoms with van der Waals surface area (Å²) in [5.41, 5.74) is 6.42. The smallest absolute Gasteiger partial charge is 0.264 e. The number of nitrogens with zero attached hydrogens (tertiary/aromatic N) is 2. The minimum absolute atomic E-state index is 0.0519. The van der Waals surface area contributed by atoms with E-state index < -0.39 is 22.5 Å². The number of carbonyl (C=O) groups is 1. The molecule has 0 aliphatic rings. The molecule has 1 N–H and O–H groups in total. The number of methoxy groups -OCH3 is 1. The largest absolute Gasteiger partial charge is 0.497 e. The fourth-order valence-electron chi connectivity index (χ4n) is 3.07. The standard InChI is InChI=1S/C25H27N3O4S/c1-18-5-9-21(10-6-18)20(3)26-27-25(29)17-28(22-11-7-19(2)8-12-22)33(30,31)24-15-13-23(32-4)14-16-24/h5-16H,17H2,1-4H3,(H,27,29)/b26-20-. The lowest BCUT2D eigenvalue weighted by Gasteiger charge is -2.24. The van der Waals surface area contributed by atoms with Crippen molar-refractivity contribution in [3.63, 3.8) is 0 Å². The molecular formula is C25H27N3O4S. The third kappa shape index (κ3) is 5.98. The van der Waals surface area contributed by atoms with Crippen LogP contribution in [0, 0.1) is 13.8 Å². The van der Waals surface area contributed by atoms with Crippen LogP contribution in [-0.2, 0) is 14.8 Å². The van der Waals surface area contributed by atoms with E-state index in [9.17, 15) is 13.2 Å². The number of sulfonamides is 1. The second-order valence-corrected chi connectivity index (χ2v) is 9.48. The Kier molecular flexibility index (Phi) is 7.50. The summed E-state index contributed by atoms with van der Waals surface area (Å²) in [4.78, 5) is 12.8. The van der Waals surface area contributed by atoms with E-state index in [1.54, 1.807) is 43.3 Å². The van der Waals surface area contributed by atoms with Gasteiger partial charge in [0.1, 0.15) is 12.3 Å². The van der Waals surface area contributed by atoms with Gasteiger partial charge in [0, 0.05) is 0 Å². The highest BCUT2D eigenvalue weighted by molar-refractivity contribution is 7.92. The maximum atomic E-state index is 13.4. The molecule has 0 saturated carbocycles. The molecule has 3 rings (SSSR count). The molecule has 3 aromatic rings. The third-order valence-corrected chi connectivity index (χ3v) is 6.86. The van der Waals surface area contributed by atoms with Crippen molar-refractivity contribution in [1.29, 1.82) is 0 Å². The average molecular weight is 466 g/mol. The minimum Gasteiger partial charge on any atom is -0.497 e. The Morgan fingerprint density at radius 2 is 1.45 bits per heavy atom. The van der Waals surface area contributed by atoms with E-state index in [4.69, 9.17) is 4.74 Å². The number of nitrogens with one attached hydrogen (secondary N) is 1. The van der Waals surface area contributed by atoms with Crippen molar-refractivity contribution in [2.75, 3.05) is 18.0 Å². The second-order valence-electron chi connectivity index (χ2n) is 7.62. The van der Waals surface area contributed by atoms with Crippen molar-refractivity contribution in [2.24, 2.45) is 5.10 Å². The highest BCUT2D eigenvalue weighted by Crippen LogP contribution is 2.25. The Bertz CT molecular complexity index is 1230. The van der Waals surface area contributed by atoms with E-state index in [0.29, 0.717) is 17.1 Å². The molecule has 7 nitrogen and oxygen atoms in total. The number of benzene rings is 3. The van der Waals surface area contributed by atoms with Crippen LogP contribution in [0.25, 0.3) is 0 Å². The van der Waals surface area contributed by atoms with Crippen LogP contribution in [0.3, 0.4) is 0 Å². The molecule has 0 aliphatic carbocycles. The molecular weight excluding hydrogens is 438 g/mol. The Balaban J connectivity index is 1.86. The number of carbonyl (C=O) groups excluding carboxylic acids is 1. The summed E-state index contributed by atoms with van der Waals surface area (Å²) in [7, 11) is -2.51. The molecule has 0 fully saturated rings. The molecule has 1 amide bonds. The summed E-state index contributed by atoms with van der Waals surface area (Å²) in [6, 6.07) is 20.7. The van der Waals surface area contributed by atoms with Crippen LogP contribution in [0.4, 0.5) is 5.69 Å². The summed E-state index contributed by atoms with van der Waals surface area (Å²) in [6.07, 6.45) is 0. The summed E-state index contributed by atoms with van der Waals surface area (Å²) < 4.78 is 33.0. The van der Waals surface area contributed by atoms with E-state index >= 15 is 0 Å². The van der Waals surface area contributed by atoms with E-state index in [2.05, 4.69) is 10.5 Å². The number of anilines is 1. The van der Waals surface area contributed by atoms with Crippen molar-refractivity contribution < 1.29 is 17.9 Å². The van der Waals surface area contributed by atoms with Crippen LogP contribution in [0.1, 0.15) is 23.6 Å². The Morgan fingerprint density at radius 1 is 0.909 bits per heavy atom. The number of ether oxygens (including phenoxy) is 1. The fourth-order valence-corrected chi connectivity index (χ4v) is 4.49. The lowest BCUT2D eigenvalue weighted by atomic mass is 10.1. The van der Waals surface area contributed by atoms with Crippen LogP contribution >= 0.6 is 0 Å². The molecule has 0 atom stereocenters. The van der Waals surface area contributed by atoms with Gasteiger partial charge in [0.2, 0.25) is 0 Å². The predicted octanol–water partition coefficient (Wildman–Crippen LogP) is 4.05. The molecule has 172 valence electrons. The number of aryl methyl sites for hydroxylation is 2. The molecule has 0 saturated heterocycles. The minimum atomic E-state index is -4.01. The van der Waals surface area contributed by atoms with Crippen molar-refractivity contribution in [1.82, 2.24) is 5.43 Å². The first-order valence-corrected chi connectivity index (χ1v) is 11.8. The zero-order valence-corrected chi connectivity index (χ0v) is 19.9. The molecule has 0 aliphatic heterocycles. The van der Waals surface area contributed by atoms with Crippen LogP contribution in [0.5, 0.6) is 5.75 Å². The second kappa shape index (κ2) is 10.3. The number of amides is 1. The topological polar surface area (TPSA) is 88.1 Å². The predicted molar refractivity (Wildman–Crippen MR) is 130 cm³/mol. The number of rotatable bonds is 8. The van der Waals surface area contributed by atoms with E-state index in [1.165, 1.54) is 19.2 Å². The average Bonchev–Trinajstić information content (AvgIpc) is 2.82. The monoisotopic (exact) mass is 465 g/mol. The first kappa shape index (κ1) is 24.0. The van der Waals surface area contributed by atoms with Gasteiger partial charge in [-0.1, -0.05) is 47.5 Å². The molecule has 0 heterocycles. The van der Waals surface area contributed by atoms with Gasteiger partial charge in [0.15, 0.2) is 0 Å². The van der Waals surface area contributed by atoms with Crippen molar-refractivity contribution >= 4 is 27.3 Å². The first-order valence-electron chi connectivity index (χ1n) is 10.3. The highest BCUT2D eigenvalue weighted by atomic mass is 32.2. The van der Waals surface area contributed by atoms with Gasteiger partial charge in [0.05, 0.1) is 23.4 Å². The molecule has 0 bridgehead atoms. The van der Waals surface area contributed by atoms with Crippen LogP contribution in [0.15, 0.2) is 82.8 Å². The molecule has 0 spiro atoms. The Hall–Kier alpha value is -3.65. The summed E-state index contributed by atoms with van der Waals surface area (Å²) in [5.74, 6) is -0.0198. The molecule has 3 aromatic carbocycles. The summed E-state index contributed by atoms with van der Waals surface area (Å²) in [6.45, 7) is 5.24. The number of hydrogen-bond acceptors (Lipinski definition) is 5. The van der Waals surface area contributed by atoms with Gasteiger partial charge in [-0.2, -0.15) is 5.10 Å². The third-order valence-electron chi connectivity index (χ3n) is 5.07. The van der Waals surface area contributed by atoms with Gasteiger partial charge >= 0.3 is 0 Å². The summed E-state index contributed by atoms with van der Waals surface area (Å²) >= 11 is 0. The van der Waals surface area contributed by atoms with Gasteiger partial charge in [-0.15, -0.1) is 0 Å². The molecule has 0 unspecified atom stereocenters. The quantitative estimate of drug-likeness (QED) is 0.402. The molecule has 0 radical (unpaired) electrons. The Morgan fingerprint density at radius 3 is 2.00 bits per heavy atom. The van der Waals surface area contributed by atoms with E-state index in [0.717, 1.165) is 21.0 Å². The highest BCUT2D eigenvalue weighted by Gasteiger charge is 2.27. The van der Waals surface area contributed by atoms with Crippen LogP contribution in [-0.4, -0.2) is 33.7 Å². The van der Waals surface area contributed by atoms with Gasteiger partial charge in [-0.05, 0) is 62.7 Å². The van der Waals surface area contributed by atoms with E-state index in [1.807, 2.05) is 38.1 Å². The lowest BCUT2D eigenvalue weighted by molar-refractivity contribution is -0.119. The number of hydrogen-bond donors (Lipinski definition) is 1. The van der Waals surface area contributed by atoms with Crippen molar-refractivity contribution in [3.8, 4) is 5.75 Å².